The van der Waals surface area contributed by atoms with Crippen molar-refractivity contribution >= 4 is 17.7 Å². The largest absolute Gasteiger partial charge is 0.474 e. The lowest BCUT2D eigenvalue weighted by Gasteiger charge is -2.43. The van der Waals surface area contributed by atoms with E-state index in [1.807, 2.05) is 23.1 Å². The van der Waals surface area contributed by atoms with E-state index in [2.05, 4.69) is 11.9 Å². The van der Waals surface area contributed by atoms with Gasteiger partial charge in [-0.25, -0.2) is 4.98 Å². The van der Waals surface area contributed by atoms with Crippen molar-refractivity contribution in [3.05, 3.63) is 24.4 Å². The van der Waals surface area contributed by atoms with Crippen molar-refractivity contribution < 1.29 is 14.3 Å². The summed E-state index contributed by atoms with van der Waals surface area (Å²) in [6.45, 7) is 2.87. The Morgan fingerprint density at radius 1 is 1.46 bits per heavy atom. The van der Waals surface area contributed by atoms with Gasteiger partial charge in [-0.3, -0.25) is 4.79 Å². The van der Waals surface area contributed by atoms with Gasteiger partial charge in [0.15, 0.2) is 0 Å². The van der Waals surface area contributed by atoms with Gasteiger partial charge >= 0.3 is 0 Å². The van der Waals surface area contributed by atoms with Gasteiger partial charge in [0, 0.05) is 32.3 Å². The van der Waals surface area contributed by atoms with Crippen LogP contribution < -0.4 is 4.74 Å². The zero-order valence-corrected chi connectivity index (χ0v) is 15.3. The van der Waals surface area contributed by atoms with Crippen molar-refractivity contribution in [2.75, 3.05) is 25.2 Å². The van der Waals surface area contributed by atoms with Crippen LogP contribution in [0, 0.1) is 0 Å². The first-order valence-electron chi connectivity index (χ1n) is 8.68. The molecule has 0 aromatic carbocycles. The van der Waals surface area contributed by atoms with Gasteiger partial charge in [0.25, 0.3) is 0 Å². The Balaban J connectivity index is 1.69. The number of pyridine rings is 1. The molecule has 5 nitrogen and oxygen atoms in total. The van der Waals surface area contributed by atoms with Crippen molar-refractivity contribution in [2.24, 2.45) is 0 Å². The van der Waals surface area contributed by atoms with Crippen LogP contribution >= 0.6 is 11.8 Å². The molecular weight excluding hydrogens is 324 g/mol. The molecule has 0 bridgehead atoms. The summed E-state index contributed by atoms with van der Waals surface area (Å²) < 4.78 is 12.0. The number of thioether (sulfide) groups is 1. The topological polar surface area (TPSA) is 51.7 Å². The van der Waals surface area contributed by atoms with E-state index in [-0.39, 0.29) is 23.7 Å². The maximum atomic E-state index is 12.6. The van der Waals surface area contributed by atoms with Gasteiger partial charge in [0.2, 0.25) is 11.8 Å². The summed E-state index contributed by atoms with van der Waals surface area (Å²) in [5.41, 5.74) is -0.198. The van der Waals surface area contributed by atoms with Crippen molar-refractivity contribution in [3.63, 3.8) is 0 Å². The highest BCUT2D eigenvalue weighted by molar-refractivity contribution is 7.99. The molecule has 2 heterocycles. The number of carbonyl (C=O) groups excluding carboxylic acids is 1. The average Bonchev–Trinajstić information content (AvgIpc) is 3.00. The summed E-state index contributed by atoms with van der Waals surface area (Å²) in [6.07, 6.45) is 5.42. The predicted octanol–water partition coefficient (Wildman–Crippen LogP) is 2.75. The molecule has 1 aliphatic carbocycles. The van der Waals surface area contributed by atoms with Crippen LogP contribution in [0.1, 0.15) is 32.6 Å². The first kappa shape index (κ1) is 17.5. The molecule has 0 spiro atoms. The number of rotatable bonds is 6. The molecule has 2 unspecified atom stereocenters. The molecule has 1 amide bonds. The first-order valence-corrected chi connectivity index (χ1v) is 9.84. The molecule has 0 N–H and O–H groups in total. The highest BCUT2D eigenvalue weighted by atomic mass is 32.2. The normalized spacial score (nSPS) is 29.3. The van der Waals surface area contributed by atoms with Crippen LogP contribution in [0.3, 0.4) is 0 Å². The fourth-order valence-electron chi connectivity index (χ4n) is 3.93. The maximum Gasteiger partial charge on any atom is 0.232 e. The van der Waals surface area contributed by atoms with Crippen molar-refractivity contribution in [3.8, 4) is 5.88 Å². The first-order chi connectivity index (χ1) is 11.7. The highest BCUT2D eigenvalue weighted by Crippen LogP contribution is 2.43. The molecule has 2 fully saturated rings. The molecular formula is C18H26N2O3S. The van der Waals surface area contributed by atoms with Gasteiger partial charge in [0.05, 0.1) is 17.4 Å². The van der Waals surface area contributed by atoms with Crippen LogP contribution in [0.25, 0.3) is 0 Å². The second-order valence-corrected chi connectivity index (χ2v) is 7.72. The number of amides is 1. The third-order valence-electron chi connectivity index (χ3n) is 5.22. The summed E-state index contributed by atoms with van der Waals surface area (Å²) in [5.74, 6) is 2.40. The van der Waals surface area contributed by atoms with Gasteiger partial charge in [0.1, 0.15) is 6.10 Å². The van der Waals surface area contributed by atoms with Crippen LogP contribution in [-0.4, -0.2) is 58.7 Å². The van der Waals surface area contributed by atoms with Gasteiger partial charge in [-0.2, -0.15) is 11.8 Å². The third-order valence-corrected chi connectivity index (χ3v) is 6.08. The Morgan fingerprint density at radius 2 is 2.33 bits per heavy atom. The number of methoxy groups -OCH3 is 1. The Morgan fingerprint density at radius 3 is 3.04 bits per heavy atom. The molecule has 6 heteroatoms. The number of fused-ring (bicyclic) bond motifs is 1. The van der Waals surface area contributed by atoms with Gasteiger partial charge in [-0.05, 0) is 31.1 Å². The van der Waals surface area contributed by atoms with Crippen molar-refractivity contribution in [1.82, 2.24) is 9.88 Å². The minimum absolute atomic E-state index is 0.0837. The fraction of sp³-hybridized carbons (Fsp3) is 0.667. The van der Waals surface area contributed by atoms with Crippen molar-refractivity contribution in [2.45, 2.75) is 50.4 Å². The number of nitrogens with zero attached hydrogens (tertiary/aromatic N) is 2. The number of ether oxygens (including phenoxy) is 2. The van der Waals surface area contributed by atoms with E-state index >= 15 is 0 Å². The fourth-order valence-corrected chi connectivity index (χ4v) is 4.47. The molecule has 2 aliphatic rings. The monoisotopic (exact) mass is 350 g/mol. The minimum atomic E-state index is -0.198. The number of hydrogen-bond donors (Lipinski definition) is 0. The van der Waals surface area contributed by atoms with Crippen LogP contribution in [0.5, 0.6) is 5.88 Å². The smallest absolute Gasteiger partial charge is 0.232 e. The predicted molar refractivity (Wildman–Crippen MR) is 95.4 cm³/mol. The molecule has 1 aliphatic heterocycles. The highest BCUT2D eigenvalue weighted by Gasteiger charge is 2.52. The molecule has 3 atom stereocenters. The van der Waals surface area contributed by atoms with E-state index < -0.39 is 0 Å². The lowest BCUT2D eigenvalue weighted by molar-refractivity contribution is -0.136. The van der Waals surface area contributed by atoms with E-state index in [9.17, 15) is 4.79 Å². The minimum Gasteiger partial charge on any atom is -0.474 e. The molecule has 132 valence electrons. The van der Waals surface area contributed by atoms with E-state index in [0.29, 0.717) is 11.6 Å². The second kappa shape index (κ2) is 7.74. The van der Waals surface area contributed by atoms with Crippen LogP contribution in [0.2, 0.25) is 0 Å². The Labute approximate surface area is 148 Å². The number of carbonyl (C=O) groups is 1. The molecule has 0 radical (unpaired) electrons. The summed E-state index contributed by atoms with van der Waals surface area (Å²) in [5, 5.41) is 0. The van der Waals surface area contributed by atoms with Crippen molar-refractivity contribution in [1.29, 1.82) is 0 Å². The lowest BCUT2D eigenvalue weighted by Crippen LogP contribution is -2.54. The third kappa shape index (κ3) is 3.54. The maximum absolute atomic E-state index is 12.6. The summed E-state index contributed by atoms with van der Waals surface area (Å²) in [7, 11) is 1.78. The number of likely N-dealkylation sites (tertiary alicyclic amines) is 1. The standard InChI is InChI=1S/C18H26N2O3S/c1-3-24-13-17(21)20-11-9-18(22-2)8-7-14(12-15(18)20)23-16-6-4-5-10-19-16/h4-6,10,14-15H,3,7-9,11-13H2,1-2H3/t14?,15?,18-/m1/s1. The van der Waals surface area contributed by atoms with Gasteiger partial charge in [-0.15, -0.1) is 0 Å². The number of aromatic nitrogens is 1. The molecule has 1 aromatic heterocycles. The van der Waals surface area contributed by atoms with Crippen LogP contribution in [0.15, 0.2) is 24.4 Å². The molecule has 1 saturated heterocycles. The molecule has 3 rings (SSSR count). The Kier molecular flexibility index (Phi) is 5.66. The van der Waals surface area contributed by atoms with E-state index in [4.69, 9.17) is 9.47 Å². The molecule has 1 aromatic rings. The Hall–Kier alpha value is -1.27. The van der Waals surface area contributed by atoms with Crippen LogP contribution in [0.4, 0.5) is 0 Å². The number of hydrogen-bond acceptors (Lipinski definition) is 5. The quantitative estimate of drug-likeness (QED) is 0.790. The van der Waals surface area contributed by atoms with E-state index in [1.54, 1.807) is 25.1 Å². The van der Waals surface area contributed by atoms with E-state index in [0.717, 1.165) is 38.0 Å². The molecule has 24 heavy (non-hydrogen) atoms. The summed E-state index contributed by atoms with van der Waals surface area (Å²) >= 11 is 1.68. The summed E-state index contributed by atoms with van der Waals surface area (Å²) in [4.78, 5) is 18.9. The van der Waals surface area contributed by atoms with E-state index in [1.165, 1.54) is 0 Å². The average molecular weight is 350 g/mol. The lowest BCUT2D eigenvalue weighted by atomic mass is 9.79. The summed E-state index contributed by atoms with van der Waals surface area (Å²) in [6, 6.07) is 5.80. The Bertz CT molecular complexity index is 556. The molecule has 1 saturated carbocycles. The second-order valence-electron chi connectivity index (χ2n) is 6.44. The van der Waals surface area contributed by atoms with Crippen LogP contribution in [-0.2, 0) is 9.53 Å². The van der Waals surface area contributed by atoms with Gasteiger partial charge < -0.3 is 14.4 Å². The zero-order chi connectivity index (χ0) is 17.0. The SMILES string of the molecule is CCSCC(=O)N1CC[C@]2(OC)CCC(Oc3ccccn3)CC12. The van der Waals surface area contributed by atoms with Gasteiger partial charge in [-0.1, -0.05) is 13.0 Å². The zero-order valence-electron chi connectivity index (χ0n) is 14.4.